The van der Waals surface area contributed by atoms with Crippen LogP contribution in [0.3, 0.4) is 0 Å². The van der Waals surface area contributed by atoms with E-state index in [-0.39, 0.29) is 24.9 Å². The van der Waals surface area contributed by atoms with Crippen molar-refractivity contribution < 1.29 is 23.5 Å². The Morgan fingerprint density at radius 2 is 1.75 bits per heavy atom. The molecular formula is C22H26FNO4. The second kappa shape index (κ2) is 9.88. The SMILES string of the molecule is Cc1ccc(C(C)C)c(OCC(=O)OC(C)C(=O)NCc2ccc(F)cc2)c1. The fraction of sp³-hybridized carbons (Fsp3) is 0.364. The summed E-state index contributed by atoms with van der Waals surface area (Å²) in [5.41, 5.74) is 2.78. The maximum Gasteiger partial charge on any atom is 0.344 e. The zero-order valence-electron chi connectivity index (χ0n) is 16.6. The fourth-order valence-electron chi connectivity index (χ4n) is 2.60. The molecule has 1 atom stereocenters. The lowest BCUT2D eigenvalue weighted by atomic mass is 10.0. The Morgan fingerprint density at radius 1 is 1.07 bits per heavy atom. The van der Waals surface area contributed by atoms with E-state index in [1.54, 1.807) is 12.1 Å². The van der Waals surface area contributed by atoms with Gasteiger partial charge in [-0.1, -0.05) is 38.1 Å². The van der Waals surface area contributed by atoms with Crippen LogP contribution in [0.15, 0.2) is 42.5 Å². The highest BCUT2D eigenvalue weighted by atomic mass is 19.1. The maximum absolute atomic E-state index is 12.9. The number of esters is 1. The van der Waals surface area contributed by atoms with Gasteiger partial charge in [-0.2, -0.15) is 0 Å². The van der Waals surface area contributed by atoms with E-state index in [1.165, 1.54) is 19.1 Å². The molecule has 6 heteroatoms. The molecule has 0 aliphatic rings. The Balaban J connectivity index is 1.82. The summed E-state index contributed by atoms with van der Waals surface area (Å²) in [6, 6.07) is 11.6. The molecule has 0 fully saturated rings. The molecule has 150 valence electrons. The number of amides is 1. The van der Waals surface area contributed by atoms with Gasteiger partial charge in [0.15, 0.2) is 12.7 Å². The number of ether oxygens (including phenoxy) is 2. The van der Waals surface area contributed by atoms with Crippen LogP contribution in [0, 0.1) is 12.7 Å². The van der Waals surface area contributed by atoms with Gasteiger partial charge in [0.05, 0.1) is 0 Å². The van der Waals surface area contributed by atoms with Crippen molar-refractivity contribution in [1.82, 2.24) is 5.32 Å². The zero-order chi connectivity index (χ0) is 20.7. The van der Waals surface area contributed by atoms with E-state index in [0.29, 0.717) is 5.75 Å². The average Bonchev–Trinajstić information content (AvgIpc) is 2.65. The summed E-state index contributed by atoms with van der Waals surface area (Å²) in [5, 5.41) is 2.65. The number of rotatable bonds is 8. The van der Waals surface area contributed by atoms with E-state index in [4.69, 9.17) is 9.47 Å². The smallest absolute Gasteiger partial charge is 0.344 e. The van der Waals surface area contributed by atoms with Crippen molar-refractivity contribution >= 4 is 11.9 Å². The third kappa shape index (κ3) is 6.37. The number of halogens is 1. The molecule has 1 unspecified atom stereocenters. The second-order valence-corrected chi connectivity index (χ2v) is 6.96. The van der Waals surface area contributed by atoms with Crippen LogP contribution >= 0.6 is 0 Å². The molecule has 0 aliphatic heterocycles. The monoisotopic (exact) mass is 387 g/mol. The number of aryl methyl sites for hydroxylation is 1. The van der Waals surface area contributed by atoms with Crippen LogP contribution in [-0.2, 0) is 20.9 Å². The van der Waals surface area contributed by atoms with Gasteiger partial charge in [-0.3, -0.25) is 4.79 Å². The number of benzene rings is 2. The Labute approximate surface area is 164 Å². The first-order valence-electron chi connectivity index (χ1n) is 9.21. The van der Waals surface area contributed by atoms with Crippen LogP contribution in [-0.4, -0.2) is 24.6 Å². The molecule has 28 heavy (non-hydrogen) atoms. The summed E-state index contributed by atoms with van der Waals surface area (Å²) >= 11 is 0. The summed E-state index contributed by atoms with van der Waals surface area (Å²) in [7, 11) is 0. The second-order valence-electron chi connectivity index (χ2n) is 6.96. The summed E-state index contributed by atoms with van der Waals surface area (Å²) in [6.07, 6.45) is -0.960. The zero-order valence-corrected chi connectivity index (χ0v) is 16.6. The van der Waals surface area contributed by atoms with Crippen molar-refractivity contribution in [3.05, 3.63) is 65.0 Å². The van der Waals surface area contributed by atoms with E-state index in [0.717, 1.165) is 16.7 Å². The summed E-state index contributed by atoms with van der Waals surface area (Å²) in [4.78, 5) is 24.1. The lowest BCUT2D eigenvalue weighted by Crippen LogP contribution is -2.36. The van der Waals surface area contributed by atoms with Gasteiger partial charge in [-0.05, 0) is 54.7 Å². The standard InChI is InChI=1S/C22H26FNO4/c1-14(2)19-10-5-15(3)11-20(19)27-13-21(25)28-16(4)22(26)24-12-17-6-8-18(23)9-7-17/h5-11,14,16H,12-13H2,1-4H3,(H,24,26). The fourth-order valence-corrected chi connectivity index (χ4v) is 2.60. The van der Waals surface area contributed by atoms with E-state index in [2.05, 4.69) is 5.32 Å². The molecule has 0 saturated carbocycles. The predicted molar refractivity (Wildman–Crippen MR) is 105 cm³/mol. The molecule has 0 saturated heterocycles. The molecule has 2 aromatic rings. The van der Waals surface area contributed by atoms with Crippen molar-refractivity contribution in [2.24, 2.45) is 0 Å². The van der Waals surface area contributed by atoms with Crippen molar-refractivity contribution in [3.63, 3.8) is 0 Å². The van der Waals surface area contributed by atoms with E-state index >= 15 is 0 Å². The Bertz CT molecular complexity index is 818. The number of hydrogen-bond donors (Lipinski definition) is 1. The van der Waals surface area contributed by atoms with Crippen LogP contribution < -0.4 is 10.1 Å². The van der Waals surface area contributed by atoms with Gasteiger partial charge in [0.25, 0.3) is 5.91 Å². The number of nitrogens with one attached hydrogen (secondary N) is 1. The summed E-state index contributed by atoms with van der Waals surface area (Å²) < 4.78 is 23.6. The van der Waals surface area contributed by atoms with Crippen LogP contribution in [0.25, 0.3) is 0 Å². The maximum atomic E-state index is 12.9. The largest absolute Gasteiger partial charge is 0.482 e. The van der Waals surface area contributed by atoms with E-state index in [1.807, 2.05) is 39.0 Å². The van der Waals surface area contributed by atoms with Crippen LogP contribution in [0.2, 0.25) is 0 Å². The molecule has 1 amide bonds. The highest BCUT2D eigenvalue weighted by Gasteiger charge is 2.18. The minimum atomic E-state index is -0.960. The van der Waals surface area contributed by atoms with Gasteiger partial charge in [-0.25, -0.2) is 9.18 Å². The Hall–Kier alpha value is -2.89. The van der Waals surface area contributed by atoms with Crippen LogP contribution in [0.1, 0.15) is 43.4 Å². The third-order valence-corrected chi connectivity index (χ3v) is 4.19. The van der Waals surface area contributed by atoms with Crippen LogP contribution in [0.5, 0.6) is 5.75 Å². The molecule has 2 aromatic carbocycles. The van der Waals surface area contributed by atoms with E-state index < -0.39 is 18.0 Å². The molecule has 0 aliphatic carbocycles. The molecular weight excluding hydrogens is 361 g/mol. The first-order valence-corrected chi connectivity index (χ1v) is 9.21. The highest BCUT2D eigenvalue weighted by Crippen LogP contribution is 2.27. The minimum Gasteiger partial charge on any atom is -0.482 e. The van der Waals surface area contributed by atoms with Crippen molar-refractivity contribution in [2.75, 3.05) is 6.61 Å². The Morgan fingerprint density at radius 3 is 2.39 bits per heavy atom. The van der Waals surface area contributed by atoms with Gasteiger partial charge >= 0.3 is 5.97 Å². The van der Waals surface area contributed by atoms with Crippen molar-refractivity contribution in [2.45, 2.75) is 46.3 Å². The molecule has 0 aromatic heterocycles. The van der Waals surface area contributed by atoms with Gasteiger partial charge < -0.3 is 14.8 Å². The highest BCUT2D eigenvalue weighted by molar-refractivity contribution is 5.83. The Kier molecular flexibility index (Phi) is 7.55. The normalized spacial score (nSPS) is 11.8. The predicted octanol–water partition coefficient (Wildman–Crippen LogP) is 3.88. The number of carbonyl (C=O) groups excluding carboxylic acids is 2. The quantitative estimate of drug-likeness (QED) is 0.698. The minimum absolute atomic E-state index is 0.221. The summed E-state index contributed by atoms with van der Waals surface area (Å²) in [5.74, 6) is -0.508. The molecule has 1 N–H and O–H groups in total. The van der Waals surface area contributed by atoms with Crippen molar-refractivity contribution in [1.29, 1.82) is 0 Å². The number of carbonyl (C=O) groups is 2. The van der Waals surface area contributed by atoms with Crippen LogP contribution in [0.4, 0.5) is 4.39 Å². The molecule has 0 bridgehead atoms. The first kappa shape index (κ1) is 21.4. The van der Waals surface area contributed by atoms with Crippen molar-refractivity contribution in [3.8, 4) is 5.75 Å². The first-order chi connectivity index (χ1) is 13.3. The van der Waals surface area contributed by atoms with Gasteiger partial charge in [0.1, 0.15) is 11.6 Å². The van der Waals surface area contributed by atoms with Gasteiger partial charge in [0, 0.05) is 6.54 Å². The summed E-state index contributed by atoms with van der Waals surface area (Å²) in [6.45, 7) is 7.47. The lowest BCUT2D eigenvalue weighted by Gasteiger charge is -2.16. The molecule has 0 radical (unpaired) electrons. The van der Waals surface area contributed by atoms with E-state index in [9.17, 15) is 14.0 Å². The third-order valence-electron chi connectivity index (χ3n) is 4.19. The topological polar surface area (TPSA) is 64.6 Å². The molecule has 2 rings (SSSR count). The molecule has 0 spiro atoms. The van der Waals surface area contributed by atoms with Gasteiger partial charge in [-0.15, -0.1) is 0 Å². The average molecular weight is 387 g/mol. The van der Waals surface area contributed by atoms with Gasteiger partial charge in [0.2, 0.25) is 0 Å². The molecule has 5 nitrogen and oxygen atoms in total. The number of hydrogen-bond acceptors (Lipinski definition) is 4. The lowest BCUT2D eigenvalue weighted by molar-refractivity contribution is -0.156. The molecule has 0 heterocycles.